The topological polar surface area (TPSA) is 114 Å². The largest absolute Gasteiger partial charge is 0.497 e. The van der Waals surface area contributed by atoms with E-state index in [0.29, 0.717) is 22.7 Å². The number of hydrogen-bond acceptors (Lipinski definition) is 5. The molecule has 0 bridgehead atoms. The number of methoxy groups -OCH3 is 1. The van der Waals surface area contributed by atoms with Crippen LogP contribution < -0.4 is 20.1 Å². The summed E-state index contributed by atoms with van der Waals surface area (Å²) in [6, 6.07) is 13.6. The molecule has 0 saturated carbocycles. The SMILES string of the molecule is COc1ccc(OC(C)C(=O)Nc2ccc(CC(=O)NCC(=O)O)cc2)cc1. The summed E-state index contributed by atoms with van der Waals surface area (Å²) in [6.45, 7) is 1.22. The number of nitrogens with one attached hydrogen (secondary N) is 2. The number of aliphatic carboxylic acids is 1. The van der Waals surface area contributed by atoms with E-state index in [-0.39, 0.29) is 18.2 Å². The van der Waals surface area contributed by atoms with E-state index in [1.165, 1.54) is 0 Å². The fourth-order valence-corrected chi connectivity index (χ4v) is 2.28. The number of benzene rings is 2. The standard InChI is InChI=1S/C20H22N2O6/c1-13(28-17-9-7-16(27-2)8-10-17)20(26)22-15-5-3-14(4-6-15)11-18(23)21-12-19(24)25/h3-10,13H,11-12H2,1-2H3,(H,21,23)(H,22,26)(H,24,25). The minimum Gasteiger partial charge on any atom is -0.497 e. The van der Waals surface area contributed by atoms with Crippen LogP contribution in [-0.4, -0.2) is 42.6 Å². The van der Waals surface area contributed by atoms with Crippen LogP contribution in [0.15, 0.2) is 48.5 Å². The van der Waals surface area contributed by atoms with Crippen molar-refractivity contribution in [2.24, 2.45) is 0 Å². The van der Waals surface area contributed by atoms with Crippen LogP contribution in [0.1, 0.15) is 12.5 Å². The number of ether oxygens (including phenoxy) is 2. The van der Waals surface area contributed by atoms with E-state index in [9.17, 15) is 14.4 Å². The molecule has 2 rings (SSSR count). The molecule has 2 aromatic rings. The van der Waals surface area contributed by atoms with Gasteiger partial charge in [-0.05, 0) is 48.9 Å². The van der Waals surface area contributed by atoms with E-state index < -0.39 is 18.6 Å². The van der Waals surface area contributed by atoms with Crippen LogP contribution in [0.3, 0.4) is 0 Å². The first-order valence-corrected chi connectivity index (χ1v) is 8.56. The van der Waals surface area contributed by atoms with Gasteiger partial charge in [0.05, 0.1) is 13.5 Å². The van der Waals surface area contributed by atoms with Crippen LogP contribution >= 0.6 is 0 Å². The van der Waals surface area contributed by atoms with Crippen molar-refractivity contribution < 1.29 is 29.0 Å². The normalized spacial score (nSPS) is 11.2. The summed E-state index contributed by atoms with van der Waals surface area (Å²) in [5, 5.41) is 13.6. The third kappa shape index (κ3) is 6.64. The summed E-state index contributed by atoms with van der Waals surface area (Å²) in [5.74, 6) is -0.562. The molecule has 0 spiro atoms. The molecule has 0 aliphatic carbocycles. The summed E-state index contributed by atoms with van der Waals surface area (Å²) in [6.07, 6.45) is -0.659. The summed E-state index contributed by atoms with van der Waals surface area (Å²) in [4.78, 5) is 34.3. The second kappa shape index (κ2) is 9.96. The Morgan fingerprint density at radius 3 is 2.18 bits per heavy atom. The lowest BCUT2D eigenvalue weighted by atomic mass is 10.1. The maximum Gasteiger partial charge on any atom is 0.322 e. The van der Waals surface area contributed by atoms with Crippen LogP contribution in [0.4, 0.5) is 5.69 Å². The third-order valence-corrected chi connectivity index (χ3v) is 3.76. The molecular weight excluding hydrogens is 364 g/mol. The molecular formula is C20H22N2O6. The maximum atomic E-state index is 12.3. The lowest BCUT2D eigenvalue weighted by molar-refractivity contribution is -0.137. The summed E-state index contributed by atoms with van der Waals surface area (Å²) < 4.78 is 10.7. The maximum absolute atomic E-state index is 12.3. The van der Waals surface area contributed by atoms with Gasteiger partial charge in [0.25, 0.3) is 5.91 Å². The summed E-state index contributed by atoms with van der Waals surface area (Å²) in [7, 11) is 1.57. The number of rotatable bonds is 9. The highest BCUT2D eigenvalue weighted by Gasteiger charge is 2.15. The Morgan fingerprint density at radius 1 is 1.00 bits per heavy atom. The Morgan fingerprint density at radius 2 is 1.61 bits per heavy atom. The Bertz CT molecular complexity index is 818. The zero-order valence-electron chi connectivity index (χ0n) is 15.6. The van der Waals surface area contributed by atoms with Gasteiger partial charge in [0.2, 0.25) is 5.91 Å². The van der Waals surface area contributed by atoms with Crippen molar-refractivity contribution in [1.82, 2.24) is 5.32 Å². The predicted octanol–water partition coefficient (Wildman–Crippen LogP) is 1.84. The van der Waals surface area contributed by atoms with Crippen molar-refractivity contribution in [2.75, 3.05) is 19.0 Å². The molecule has 0 fully saturated rings. The van der Waals surface area contributed by atoms with E-state index in [2.05, 4.69) is 10.6 Å². The number of carbonyl (C=O) groups excluding carboxylic acids is 2. The van der Waals surface area contributed by atoms with Crippen LogP contribution in [0, 0.1) is 0 Å². The van der Waals surface area contributed by atoms with Crippen LogP contribution in [-0.2, 0) is 20.8 Å². The van der Waals surface area contributed by atoms with Gasteiger partial charge in [-0.1, -0.05) is 12.1 Å². The Balaban J connectivity index is 1.85. The molecule has 0 aliphatic rings. The molecule has 1 atom stereocenters. The zero-order valence-corrected chi connectivity index (χ0v) is 15.6. The van der Waals surface area contributed by atoms with Gasteiger partial charge in [0, 0.05) is 5.69 Å². The van der Waals surface area contributed by atoms with Gasteiger partial charge >= 0.3 is 5.97 Å². The van der Waals surface area contributed by atoms with E-state index in [1.54, 1.807) is 62.6 Å². The van der Waals surface area contributed by atoms with Crippen molar-refractivity contribution in [3.63, 3.8) is 0 Å². The number of carboxylic acids is 1. The van der Waals surface area contributed by atoms with Crippen molar-refractivity contribution in [3.05, 3.63) is 54.1 Å². The molecule has 3 N–H and O–H groups in total. The van der Waals surface area contributed by atoms with Gasteiger partial charge in [-0.15, -0.1) is 0 Å². The van der Waals surface area contributed by atoms with E-state index in [4.69, 9.17) is 14.6 Å². The Hall–Kier alpha value is -3.55. The minimum absolute atomic E-state index is 0.0541. The van der Waals surface area contributed by atoms with Crippen LogP contribution in [0.2, 0.25) is 0 Å². The Labute approximate surface area is 162 Å². The second-order valence-electron chi connectivity index (χ2n) is 5.97. The highest BCUT2D eigenvalue weighted by atomic mass is 16.5. The average molecular weight is 386 g/mol. The minimum atomic E-state index is -1.10. The van der Waals surface area contributed by atoms with Crippen LogP contribution in [0.25, 0.3) is 0 Å². The second-order valence-corrected chi connectivity index (χ2v) is 5.97. The molecule has 8 heteroatoms. The number of anilines is 1. The molecule has 0 aromatic heterocycles. The fraction of sp³-hybridized carbons (Fsp3) is 0.250. The Kier molecular flexibility index (Phi) is 7.38. The van der Waals surface area contributed by atoms with Gasteiger partial charge in [0.15, 0.2) is 6.10 Å². The smallest absolute Gasteiger partial charge is 0.322 e. The van der Waals surface area contributed by atoms with Gasteiger partial charge in [-0.3, -0.25) is 14.4 Å². The van der Waals surface area contributed by atoms with E-state index >= 15 is 0 Å². The molecule has 28 heavy (non-hydrogen) atoms. The molecule has 2 amide bonds. The molecule has 148 valence electrons. The van der Waals surface area contributed by atoms with Crippen molar-refractivity contribution in [2.45, 2.75) is 19.4 Å². The van der Waals surface area contributed by atoms with Crippen molar-refractivity contribution in [1.29, 1.82) is 0 Å². The summed E-state index contributed by atoms with van der Waals surface area (Å²) in [5.41, 5.74) is 1.26. The highest BCUT2D eigenvalue weighted by Crippen LogP contribution is 2.19. The number of amides is 2. The fourth-order valence-electron chi connectivity index (χ4n) is 2.28. The molecule has 2 aromatic carbocycles. The average Bonchev–Trinajstić information content (AvgIpc) is 2.68. The lowest BCUT2D eigenvalue weighted by Crippen LogP contribution is -2.30. The lowest BCUT2D eigenvalue weighted by Gasteiger charge is -2.15. The molecule has 0 heterocycles. The molecule has 0 saturated heterocycles. The first-order chi connectivity index (χ1) is 13.4. The molecule has 8 nitrogen and oxygen atoms in total. The quantitative estimate of drug-likeness (QED) is 0.606. The monoisotopic (exact) mass is 386 g/mol. The van der Waals surface area contributed by atoms with Crippen LogP contribution in [0.5, 0.6) is 11.5 Å². The van der Waals surface area contributed by atoms with E-state index in [1.807, 2.05) is 0 Å². The van der Waals surface area contributed by atoms with Gasteiger partial charge in [-0.2, -0.15) is 0 Å². The van der Waals surface area contributed by atoms with Crippen molar-refractivity contribution in [3.8, 4) is 11.5 Å². The first kappa shape index (κ1) is 20.8. The number of carbonyl (C=O) groups is 3. The van der Waals surface area contributed by atoms with Gasteiger partial charge in [-0.25, -0.2) is 0 Å². The third-order valence-electron chi connectivity index (χ3n) is 3.76. The van der Waals surface area contributed by atoms with Gasteiger partial charge < -0.3 is 25.2 Å². The molecule has 0 radical (unpaired) electrons. The zero-order chi connectivity index (χ0) is 20.5. The highest BCUT2D eigenvalue weighted by molar-refractivity contribution is 5.94. The van der Waals surface area contributed by atoms with Gasteiger partial charge in [0.1, 0.15) is 18.0 Å². The van der Waals surface area contributed by atoms with E-state index in [0.717, 1.165) is 0 Å². The first-order valence-electron chi connectivity index (χ1n) is 8.56. The summed E-state index contributed by atoms with van der Waals surface area (Å²) >= 11 is 0. The predicted molar refractivity (Wildman–Crippen MR) is 103 cm³/mol. The number of carboxylic acid groups (broad SMARTS) is 1. The van der Waals surface area contributed by atoms with Crippen molar-refractivity contribution >= 4 is 23.5 Å². The molecule has 0 aliphatic heterocycles. The molecule has 1 unspecified atom stereocenters. The number of hydrogen-bond donors (Lipinski definition) is 3.